The molecule has 1 aromatic rings. The Morgan fingerprint density at radius 1 is 1.53 bits per heavy atom. The van der Waals surface area contributed by atoms with Crippen LogP contribution in [0, 0.1) is 0 Å². The van der Waals surface area contributed by atoms with Crippen molar-refractivity contribution in [2.75, 3.05) is 19.6 Å². The number of pyridine rings is 1. The van der Waals surface area contributed by atoms with Crippen molar-refractivity contribution in [2.24, 2.45) is 5.11 Å². The molecule has 5 nitrogen and oxygen atoms in total. The van der Waals surface area contributed by atoms with E-state index >= 15 is 0 Å². The van der Waals surface area contributed by atoms with Gasteiger partial charge in [0.05, 0.1) is 0 Å². The summed E-state index contributed by atoms with van der Waals surface area (Å²) in [5.41, 5.74) is 9.58. The van der Waals surface area contributed by atoms with Gasteiger partial charge in [0.25, 0.3) is 0 Å². The predicted molar refractivity (Wildman–Crippen MR) is 66.4 cm³/mol. The van der Waals surface area contributed by atoms with E-state index in [4.69, 9.17) is 5.53 Å². The summed E-state index contributed by atoms with van der Waals surface area (Å²) < 4.78 is 0. The van der Waals surface area contributed by atoms with Crippen molar-refractivity contribution in [3.05, 3.63) is 40.5 Å². The third-order valence-electron chi connectivity index (χ3n) is 3.23. The average molecular weight is 231 g/mol. The fourth-order valence-corrected chi connectivity index (χ4v) is 2.43. The number of hydrogen-bond donors (Lipinski definition) is 0. The normalized spacial score (nSPS) is 20.8. The van der Waals surface area contributed by atoms with Crippen molar-refractivity contribution in [2.45, 2.75) is 25.3 Å². The van der Waals surface area contributed by atoms with Gasteiger partial charge in [-0.1, -0.05) is 17.6 Å². The Bertz CT molecular complexity index is 385. The number of azide groups is 1. The van der Waals surface area contributed by atoms with Crippen LogP contribution < -0.4 is 0 Å². The SMILES string of the molecule is [N-]=[N+]=NCCN1CCCCC1c1cccnc1. The maximum Gasteiger partial charge on any atom is 0.0386 e. The lowest BCUT2D eigenvalue weighted by atomic mass is 9.96. The number of nitrogens with zero attached hydrogens (tertiary/aromatic N) is 5. The van der Waals surface area contributed by atoms with E-state index in [0.29, 0.717) is 12.6 Å². The fourth-order valence-electron chi connectivity index (χ4n) is 2.43. The van der Waals surface area contributed by atoms with Crippen LogP contribution in [0.4, 0.5) is 0 Å². The molecule has 0 radical (unpaired) electrons. The predicted octanol–water partition coefficient (Wildman–Crippen LogP) is 2.92. The van der Waals surface area contributed by atoms with Crippen LogP contribution in [0.1, 0.15) is 30.9 Å². The van der Waals surface area contributed by atoms with Crippen LogP contribution >= 0.6 is 0 Å². The smallest absolute Gasteiger partial charge is 0.0386 e. The Labute approximate surface area is 101 Å². The molecule has 0 aliphatic carbocycles. The molecule has 0 saturated carbocycles. The summed E-state index contributed by atoms with van der Waals surface area (Å²) in [6.45, 7) is 2.47. The summed E-state index contributed by atoms with van der Waals surface area (Å²) in [4.78, 5) is 9.38. The molecule has 5 heteroatoms. The molecule has 0 aromatic carbocycles. The first kappa shape index (κ1) is 11.9. The van der Waals surface area contributed by atoms with Crippen molar-refractivity contribution in [1.82, 2.24) is 9.88 Å². The zero-order valence-electron chi connectivity index (χ0n) is 9.87. The summed E-state index contributed by atoms with van der Waals surface area (Å²) in [7, 11) is 0. The molecule has 1 unspecified atom stereocenters. The number of piperidine rings is 1. The van der Waals surface area contributed by atoms with Gasteiger partial charge in [-0.05, 0) is 36.5 Å². The molecule has 1 aliphatic rings. The topological polar surface area (TPSA) is 64.9 Å². The molecule has 1 aliphatic heterocycles. The van der Waals surface area contributed by atoms with Crippen LogP contribution in [0.3, 0.4) is 0 Å². The third kappa shape index (κ3) is 3.19. The van der Waals surface area contributed by atoms with Gasteiger partial charge in [-0.15, -0.1) is 0 Å². The van der Waals surface area contributed by atoms with E-state index in [-0.39, 0.29) is 0 Å². The quantitative estimate of drug-likeness (QED) is 0.454. The van der Waals surface area contributed by atoms with E-state index in [9.17, 15) is 0 Å². The minimum atomic E-state index is 0.436. The molecule has 17 heavy (non-hydrogen) atoms. The molecule has 0 amide bonds. The van der Waals surface area contributed by atoms with E-state index < -0.39 is 0 Å². The minimum absolute atomic E-state index is 0.436. The Morgan fingerprint density at radius 3 is 3.24 bits per heavy atom. The molecule has 1 fully saturated rings. The van der Waals surface area contributed by atoms with Gasteiger partial charge in [0.2, 0.25) is 0 Å². The van der Waals surface area contributed by atoms with Gasteiger partial charge in [0.15, 0.2) is 0 Å². The highest BCUT2D eigenvalue weighted by atomic mass is 15.2. The maximum atomic E-state index is 8.31. The van der Waals surface area contributed by atoms with Crippen molar-refractivity contribution in [1.29, 1.82) is 0 Å². The van der Waals surface area contributed by atoms with Crippen molar-refractivity contribution >= 4 is 0 Å². The number of aromatic nitrogens is 1. The second-order valence-electron chi connectivity index (χ2n) is 4.29. The summed E-state index contributed by atoms with van der Waals surface area (Å²) in [5, 5.41) is 3.62. The second-order valence-corrected chi connectivity index (χ2v) is 4.29. The molecule has 2 heterocycles. The Balaban J connectivity index is 2.04. The van der Waals surface area contributed by atoms with Crippen LogP contribution in [0.15, 0.2) is 29.6 Å². The highest BCUT2D eigenvalue weighted by Crippen LogP contribution is 2.29. The summed E-state index contributed by atoms with van der Waals surface area (Å²) >= 11 is 0. The lowest BCUT2D eigenvalue weighted by molar-refractivity contribution is 0.153. The highest BCUT2D eigenvalue weighted by Gasteiger charge is 2.23. The van der Waals surface area contributed by atoms with E-state index in [0.717, 1.165) is 13.1 Å². The molecule has 1 atom stereocenters. The first-order chi connectivity index (χ1) is 8.42. The van der Waals surface area contributed by atoms with E-state index in [1.54, 1.807) is 6.20 Å². The van der Waals surface area contributed by atoms with Crippen LogP contribution in [0.25, 0.3) is 10.4 Å². The average Bonchev–Trinajstić information content (AvgIpc) is 2.41. The molecule has 1 aromatic heterocycles. The molecule has 0 spiro atoms. The number of hydrogen-bond acceptors (Lipinski definition) is 3. The van der Waals surface area contributed by atoms with E-state index in [1.165, 1.54) is 24.8 Å². The molecule has 0 N–H and O–H groups in total. The Kier molecular flexibility index (Phi) is 4.36. The Morgan fingerprint density at radius 2 is 2.47 bits per heavy atom. The van der Waals surface area contributed by atoms with Crippen molar-refractivity contribution in [3.63, 3.8) is 0 Å². The van der Waals surface area contributed by atoms with Gasteiger partial charge in [0, 0.05) is 36.4 Å². The van der Waals surface area contributed by atoms with E-state index in [1.807, 2.05) is 12.3 Å². The van der Waals surface area contributed by atoms with Gasteiger partial charge in [-0.2, -0.15) is 0 Å². The number of rotatable bonds is 4. The van der Waals surface area contributed by atoms with Gasteiger partial charge in [-0.25, -0.2) is 0 Å². The van der Waals surface area contributed by atoms with Gasteiger partial charge in [0.1, 0.15) is 0 Å². The van der Waals surface area contributed by atoms with Crippen LogP contribution in [-0.4, -0.2) is 29.5 Å². The molecular weight excluding hydrogens is 214 g/mol. The lowest BCUT2D eigenvalue weighted by Gasteiger charge is -2.35. The molecule has 0 bridgehead atoms. The second kappa shape index (κ2) is 6.23. The maximum absolute atomic E-state index is 8.31. The zero-order chi connectivity index (χ0) is 11.9. The first-order valence-electron chi connectivity index (χ1n) is 6.06. The monoisotopic (exact) mass is 231 g/mol. The van der Waals surface area contributed by atoms with Gasteiger partial charge >= 0.3 is 0 Å². The van der Waals surface area contributed by atoms with Crippen LogP contribution in [0.2, 0.25) is 0 Å². The molecule has 90 valence electrons. The number of likely N-dealkylation sites (tertiary alicyclic amines) is 1. The Hall–Kier alpha value is -1.58. The zero-order valence-corrected chi connectivity index (χ0v) is 9.87. The third-order valence-corrected chi connectivity index (χ3v) is 3.23. The molecule has 2 rings (SSSR count). The van der Waals surface area contributed by atoms with Gasteiger partial charge in [-0.3, -0.25) is 9.88 Å². The molecule has 1 saturated heterocycles. The van der Waals surface area contributed by atoms with Gasteiger partial charge < -0.3 is 0 Å². The highest BCUT2D eigenvalue weighted by molar-refractivity contribution is 5.14. The summed E-state index contributed by atoms with van der Waals surface area (Å²) in [6, 6.07) is 4.55. The fraction of sp³-hybridized carbons (Fsp3) is 0.583. The largest absolute Gasteiger partial charge is 0.296 e. The first-order valence-corrected chi connectivity index (χ1v) is 6.06. The summed E-state index contributed by atoms with van der Waals surface area (Å²) in [6.07, 6.45) is 7.40. The van der Waals surface area contributed by atoms with Crippen molar-refractivity contribution in [3.8, 4) is 0 Å². The molecular formula is C12H17N5. The summed E-state index contributed by atoms with van der Waals surface area (Å²) in [5.74, 6) is 0. The lowest BCUT2D eigenvalue weighted by Crippen LogP contribution is -2.35. The standard InChI is InChI=1S/C12H17N5/c13-16-15-7-9-17-8-2-1-5-12(17)11-4-3-6-14-10-11/h3-4,6,10,12H,1-2,5,7-9H2. The van der Waals surface area contributed by atoms with Crippen molar-refractivity contribution < 1.29 is 0 Å². The minimum Gasteiger partial charge on any atom is -0.296 e. The van der Waals surface area contributed by atoms with E-state index in [2.05, 4.69) is 26.0 Å². The van der Waals surface area contributed by atoms with Crippen LogP contribution in [0.5, 0.6) is 0 Å². The van der Waals surface area contributed by atoms with Crippen LogP contribution in [-0.2, 0) is 0 Å².